The van der Waals surface area contributed by atoms with E-state index in [1.54, 1.807) is 5.56 Å². The van der Waals surface area contributed by atoms with E-state index in [1.807, 2.05) is 0 Å². The van der Waals surface area contributed by atoms with Gasteiger partial charge in [-0.05, 0) is 162 Å². The Labute approximate surface area is 386 Å². The third-order valence-electron chi connectivity index (χ3n) is 16.9. The lowest BCUT2D eigenvalue weighted by atomic mass is 9.54. The molecule has 0 saturated heterocycles. The summed E-state index contributed by atoms with van der Waals surface area (Å²) >= 11 is 0. The summed E-state index contributed by atoms with van der Waals surface area (Å²) in [4.78, 5) is 2.66. The van der Waals surface area contributed by atoms with Crippen molar-refractivity contribution >= 4 is 35.3 Å². The van der Waals surface area contributed by atoms with Crippen molar-refractivity contribution in [2.75, 3.05) is 4.90 Å². The second-order valence-corrected chi connectivity index (χ2v) is 21.9. The molecule has 0 unspecified atom stereocenters. The second kappa shape index (κ2) is 13.4. The van der Waals surface area contributed by atoms with Crippen molar-refractivity contribution in [1.29, 1.82) is 0 Å². The third kappa shape index (κ3) is 5.23. The van der Waals surface area contributed by atoms with E-state index < -0.39 is 5.41 Å². The summed E-state index contributed by atoms with van der Waals surface area (Å²) in [5.41, 5.74) is 30.5. The van der Waals surface area contributed by atoms with Gasteiger partial charge >= 0.3 is 0 Å². The van der Waals surface area contributed by atoms with Crippen LogP contribution in [-0.2, 0) is 34.5 Å². The second-order valence-electron chi connectivity index (χ2n) is 21.9. The maximum Gasteiger partial charge on any atom is 0.198 e. The fraction of sp³-hybridized carbons (Fsp3) is 0.238. The first-order chi connectivity index (χ1) is 31.4. The summed E-state index contributed by atoms with van der Waals surface area (Å²) < 4.78 is 0. The Balaban J connectivity index is 1.01. The van der Waals surface area contributed by atoms with Gasteiger partial charge in [-0.3, -0.25) is 0 Å². The molecule has 2 aliphatic heterocycles. The Kier molecular flexibility index (Phi) is 8.02. The van der Waals surface area contributed by atoms with Gasteiger partial charge in [-0.25, -0.2) is 0 Å². The molecular weight excluding hydrogens is 782 g/mol. The standard InChI is InChI=1S/C63H56BN/c1-38-33-46(44-37-53-45(43-19-8-11-20-47(43)62(53,6)7)36-40(44)29-27-39-28-30-50-54(35-39)61(4,5)32-31-60(50,2)3)58-57(34-38)65-56-26-15-14-23-51(56)63(52-24-16-25-55(64-58)59(52)65)48-21-12-9-17-41(48)42-18-10-13-22-49(42)63/h8-26,28,30,33-37,64H,27,29,31-32H2,1-7H3. The molecule has 5 aliphatic rings. The molecule has 0 atom stereocenters. The van der Waals surface area contributed by atoms with Crippen molar-refractivity contribution in [3.05, 3.63) is 219 Å². The Bertz CT molecular complexity index is 3310. The van der Waals surface area contributed by atoms with Gasteiger partial charge in [0.2, 0.25) is 0 Å². The molecule has 0 fully saturated rings. The molecule has 1 spiro atoms. The number of anilines is 3. The van der Waals surface area contributed by atoms with E-state index in [-0.39, 0.29) is 16.2 Å². The molecule has 3 aliphatic carbocycles. The van der Waals surface area contributed by atoms with E-state index in [1.165, 1.54) is 130 Å². The molecule has 0 amide bonds. The number of fused-ring (bicyclic) bond motifs is 15. The summed E-state index contributed by atoms with van der Waals surface area (Å²) in [7, 11) is 0.877. The van der Waals surface area contributed by atoms with Gasteiger partial charge < -0.3 is 4.90 Å². The molecular formula is C63H56BN. The monoisotopic (exact) mass is 837 g/mol. The number of hydrogen-bond acceptors (Lipinski definition) is 1. The summed E-state index contributed by atoms with van der Waals surface area (Å²) in [6.07, 6.45) is 4.45. The van der Waals surface area contributed by atoms with E-state index >= 15 is 0 Å². The largest absolute Gasteiger partial charge is 0.311 e. The molecule has 13 rings (SSSR count). The minimum absolute atomic E-state index is 0.102. The smallest absolute Gasteiger partial charge is 0.198 e. The molecule has 65 heavy (non-hydrogen) atoms. The maximum absolute atomic E-state index is 2.66. The Morgan fingerprint density at radius 3 is 1.78 bits per heavy atom. The van der Waals surface area contributed by atoms with Gasteiger partial charge in [-0.15, -0.1) is 0 Å². The van der Waals surface area contributed by atoms with Crippen molar-refractivity contribution in [1.82, 2.24) is 0 Å². The zero-order valence-electron chi connectivity index (χ0n) is 39.0. The first-order valence-corrected chi connectivity index (χ1v) is 24.1. The van der Waals surface area contributed by atoms with Crippen molar-refractivity contribution in [2.24, 2.45) is 0 Å². The molecule has 1 nitrogen and oxygen atoms in total. The SMILES string of the molecule is Cc1cc(-c2cc3c(cc2CCc2ccc4c(c2)C(C)(C)CCC4(C)C)-c2ccccc2C3(C)C)c2c(c1)N1c3ccccc3C3(c4ccccc4-c4ccccc43)c3cccc(c31)B2. The van der Waals surface area contributed by atoms with Crippen LogP contribution >= 0.6 is 0 Å². The van der Waals surface area contributed by atoms with Gasteiger partial charge in [0.25, 0.3) is 0 Å². The zero-order valence-corrected chi connectivity index (χ0v) is 39.0. The molecule has 0 saturated carbocycles. The maximum atomic E-state index is 2.66. The lowest BCUT2D eigenvalue weighted by Gasteiger charge is -2.48. The molecule has 2 heterocycles. The number of hydrogen-bond donors (Lipinski definition) is 0. The highest BCUT2D eigenvalue weighted by atomic mass is 15.2. The normalized spacial score (nSPS) is 17.4. The molecule has 0 bridgehead atoms. The van der Waals surface area contributed by atoms with Crippen LogP contribution in [0.2, 0.25) is 0 Å². The molecule has 8 aromatic carbocycles. The number of nitrogens with zero attached hydrogens (tertiary/aromatic N) is 1. The van der Waals surface area contributed by atoms with Crippen LogP contribution in [0.15, 0.2) is 158 Å². The molecule has 0 N–H and O–H groups in total. The van der Waals surface area contributed by atoms with Crippen LogP contribution in [0.1, 0.15) is 116 Å². The lowest BCUT2D eigenvalue weighted by molar-refractivity contribution is 0.331. The topological polar surface area (TPSA) is 3.24 Å². The van der Waals surface area contributed by atoms with Gasteiger partial charge in [-0.2, -0.15) is 0 Å². The fourth-order valence-electron chi connectivity index (χ4n) is 13.6. The van der Waals surface area contributed by atoms with Crippen LogP contribution < -0.4 is 15.8 Å². The number of rotatable bonds is 4. The average Bonchev–Trinajstić information content (AvgIpc) is 3.73. The van der Waals surface area contributed by atoms with Crippen LogP contribution in [0.25, 0.3) is 33.4 Å². The summed E-state index contributed by atoms with van der Waals surface area (Å²) in [5.74, 6) is 0. The van der Waals surface area contributed by atoms with Crippen molar-refractivity contribution < 1.29 is 0 Å². The van der Waals surface area contributed by atoms with Crippen LogP contribution in [-0.4, -0.2) is 7.28 Å². The van der Waals surface area contributed by atoms with E-state index in [4.69, 9.17) is 0 Å². The van der Waals surface area contributed by atoms with Gasteiger partial charge in [0.15, 0.2) is 7.28 Å². The lowest BCUT2D eigenvalue weighted by Crippen LogP contribution is -2.47. The fourth-order valence-corrected chi connectivity index (χ4v) is 13.6. The predicted octanol–water partition coefficient (Wildman–Crippen LogP) is 13.9. The van der Waals surface area contributed by atoms with Crippen LogP contribution in [0, 0.1) is 6.92 Å². The average molecular weight is 838 g/mol. The quantitative estimate of drug-likeness (QED) is 0.160. The highest BCUT2D eigenvalue weighted by Crippen LogP contribution is 2.63. The van der Waals surface area contributed by atoms with E-state index in [0.29, 0.717) is 0 Å². The van der Waals surface area contributed by atoms with Crippen LogP contribution in [0.4, 0.5) is 17.1 Å². The predicted molar refractivity (Wildman–Crippen MR) is 275 cm³/mol. The first-order valence-electron chi connectivity index (χ1n) is 24.1. The van der Waals surface area contributed by atoms with Crippen LogP contribution in [0.3, 0.4) is 0 Å². The summed E-state index contributed by atoms with van der Waals surface area (Å²) in [6, 6.07) is 61.7. The molecule has 0 radical (unpaired) electrons. The molecule has 8 aromatic rings. The first kappa shape index (κ1) is 39.0. The van der Waals surface area contributed by atoms with Crippen molar-refractivity contribution in [3.8, 4) is 33.4 Å². The van der Waals surface area contributed by atoms with Gasteiger partial charge in [0.1, 0.15) is 0 Å². The third-order valence-corrected chi connectivity index (χ3v) is 16.9. The van der Waals surface area contributed by atoms with Gasteiger partial charge in [0.05, 0.1) is 11.1 Å². The minimum atomic E-state index is -0.412. The van der Waals surface area contributed by atoms with E-state index in [2.05, 4.69) is 211 Å². The van der Waals surface area contributed by atoms with Crippen molar-refractivity contribution in [2.45, 2.75) is 95.8 Å². The number of aryl methyl sites for hydroxylation is 3. The molecule has 2 heteroatoms. The minimum Gasteiger partial charge on any atom is -0.311 e. The zero-order chi connectivity index (χ0) is 44.2. The Hall–Kier alpha value is -6.38. The van der Waals surface area contributed by atoms with E-state index in [9.17, 15) is 0 Å². The summed E-state index contributed by atoms with van der Waals surface area (Å²) in [6.45, 7) is 17.0. The highest BCUT2D eigenvalue weighted by Gasteiger charge is 2.53. The Morgan fingerprint density at radius 2 is 1.06 bits per heavy atom. The Morgan fingerprint density at radius 1 is 0.446 bits per heavy atom. The van der Waals surface area contributed by atoms with Gasteiger partial charge in [0, 0.05) is 16.8 Å². The number of para-hydroxylation sites is 2. The molecule has 0 aromatic heterocycles. The van der Waals surface area contributed by atoms with Crippen LogP contribution in [0.5, 0.6) is 0 Å². The number of benzene rings is 8. The van der Waals surface area contributed by atoms with Gasteiger partial charge in [-0.1, -0.05) is 187 Å². The van der Waals surface area contributed by atoms with Crippen molar-refractivity contribution in [3.63, 3.8) is 0 Å². The molecule has 316 valence electrons. The van der Waals surface area contributed by atoms with E-state index in [0.717, 1.165) is 20.1 Å². The highest BCUT2D eigenvalue weighted by molar-refractivity contribution is 6.73. The summed E-state index contributed by atoms with van der Waals surface area (Å²) in [5, 5.41) is 0.